The van der Waals surface area contributed by atoms with E-state index in [1.807, 2.05) is 6.07 Å². The molecule has 3 nitrogen and oxygen atoms in total. The molecule has 0 bridgehead atoms. The third kappa shape index (κ3) is 4.75. The Hall–Kier alpha value is -7.36. The van der Waals surface area contributed by atoms with Gasteiger partial charge in [0.2, 0.25) is 0 Å². The number of hydrogen-bond acceptors (Lipinski definition) is 3. The number of benzene rings is 9. The highest BCUT2D eigenvalue weighted by atomic mass is 16.3. The molecule has 0 N–H and O–H groups in total. The van der Waals surface area contributed by atoms with Crippen molar-refractivity contribution in [2.45, 2.75) is 38.5 Å². The first-order valence-corrected chi connectivity index (χ1v) is 21.3. The minimum Gasteiger partial charge on any atom is -0.456 e. The van der Waals surface area contributed by atoms with E-state index in [0.717, 1.165) is 66.5 Å². The molecule has 13 rings (SSSR count). The summed E-state index contributed by atoms with van der Waals surface area (Å²) in [7, 11) is 0. The van der Waals surface area contributed by atoms with Crippen molar-refractivity contribution in [3.63, 3.8) is 0 Å². The molecule has 11 aromatic rings. The number of fused-ring (bicyclic) bond motifs is 14. The quantitative estimate of drug-likeness (QED) is 0.178. The van der Waals surface area contributed by atoms with Crippen LogP contribution in [0.3, 0.4) is 0 Å². The number of anilines is 3. The zero-order chi connectivity index (χ0) is 40.8. The molecule has 2 aromatic heterocycles. The summed E-state index contributed by atoms with van der Waals surface area (Å²) in [5, 5.41) is 6.80. The molecule has 2 heterocycles. The molecule has 9 aromatic carbocycles. The van der Waals surface area contributed by atoms with Crippen molar-refractivity contribution in [2.75, 3.05) is 4.90 Å². The molecule has 0 atom stereocenters. The molecule has 0 unspecified atom stereocenters. The highest BCUT2D eigenvalue weighted by Gasteiger charge is 2.37. The van der Waals surface area contributed by atoms with Crippen molar-refractivity contribution in [3.05, 3.63) is 198 Å². The number of nitrogens with zero attached hydrogens (tertiary/aromatic N) is 1. The van der Waals surface area contributed by atoms with Gasteiger partial charge in [-0.05, 0) is 121 Å². The van der Waals surface area contributed by atoms with E-state index in [-0.39, 0.29) is 10.8 Å². The lowest BCUT2D eigenvalue weighted by Gasteiger charge is -2.28. The average Bonchev–Trinajstić information content (AvgIpc) is 3.99. The second kappa shape index (κ2) is 12.1. The summed E-state index contributed by atoms with van der Waals surface area (Å²) in [6.45, 7) is 9.41. The van der Waals surface area contributed by atoms with E-state index in [2.05, 4.69) is 202 Å². The maximum atomic E-state index is 7.11. The van der Waals surface area contributed by atoms with Gasteiger partial charge in [0.25, 0.3) is 0 Å². The van der Waals surface area contributed by atoms with E-state index in [4.69, 9.17) is 8.83 Å². The molecule has 0 fully saturated rings. The summed E-state index contributed by atoms with van der Waals surface area (Å²) >= 11 is 0. The van der Waals surface area contributed by atoms with Crippen LogP contribution in [0.15, 0.2) is 185 Å². The van der Waals surface area contributed by atoms with Crippen molar-refractivity contribution in [3.8, 4) is 33.4 Å². The normalized spacial score (nSPS) is 14.5. The third-order valence-electron chi connectivity index (χ3n) is 14.0. The second-order valence-corrected chi connectivity index (χ2v) is 18.1. The molecule has 0 radical (unpaired) electrons. The summed E-state index contributed by atoms with van der Waals surface area (Å²) in [5.41, 5.74) is 19.1. The van der Waals surface area contributed by atoms with Gasteiger partial charge in [0.05, 0.1) is 11.4 Å². The van der Waals surface area contributed by atoms with Gasteiger partial charge in [0.15, 0.2) is 5.58 Å². The van der Waals surface area contributed by atoms with E-state index in [0.29, 0.717) is 0 Å². The molecule has 2 aliphatic rings. The molecule has 0 aliphatic heterocycles. The van der Waals surface area contributed by atoms with Crippen molar-refractivity contribution in [1.82, 2.24) is 0 Å². The lowest BCUT2D eigenvalue weighted by atomic mass is 9.81. The van der Waals surface area contributed by atoms with E-state index in [1.165, 1.54) is 60.8 Å². The van der Waals surface area contributed by atoms with Crippen LogP contribution in [0.2, 0.25) is 0 Å². The Morgan fingerprint density at radius 3 is 1.77 bits per heavy atom. The number of rotatable bonds is 4. The summed E-state index contributed by atoms with van der Waals surface area (Å²) < 4.78 is 13.7. The maximum Gasteiger partial charge on any atom is 0.159 e. The fourth-order valence-corrected chi connectivity index (χ4v) is 11.0. The molecular weight excluding hydrogens is 743 g/mol. The van der Waals surface area contributed by atoms with Crippen LogP contribution in [0.1, 0.15) is 49.9 Å². The number of para-hydroxylation sites is 1. The fraction of sp³-hybridized carbons (Fsp3) is 0.103. The zero-order valence-electron chi connectivity index (χ0n) is 34.5. The van der Waals surface area contributed by atoms with E-state index in [1.54, 1.807) is 0 Å². The van der Waals surface area contributed by atoms with Gasteiger partial charge in [-0.3, -0.25) is 0 Å². The molecule has 0 saturated heterocycles. The van der Waals surface area contributed by atoms with Crippen LogP contribution in [-0.4, -0.2) is 0 Å². The SMILES string of the molecule is CC1(C)c2ccccc2-c2ccc(-c3cc(N(c4ccc5c(c4)C(C)(C)c4ccccc4-5)c4ccc5c(c4)oc4ccccc45)c4oc5ccc6ccccc6c5c4c3)cc21. The van der Waals surface area contributed by atoms with Crippen LogP contribution in [0.5, 0.6) is 0 Å². The molecule has 0 spiro atoms. The van der Waals surface area contributed by atoms with Crippen molar-refractivity contribution in [2.24, 2.45) is 0 Å². The standard InChI is InChI=1S/C58H41NO2/c1-57(2)47-18-10-7-15-40(47)42-25-21-35(30-49(42)57)36-29-46-55-39-14-6-5-13-34(39)22-28-53(55)61-56(46)51(31-36)59(38-24-27-45-44-17-9-12-20-52(44)60-54(45)33-38)37-23-26-43-41-16-8-11-19-48(41)58(3,4)50(43)32-37/h5-33H,1-4H3. The van der Waals surface area contributed by atoms with Gasteiger partial charge in [0.1, 0.15) is 16.7 Å². The lowest BCUT2D eigenvalue weighted by Crippen LogP contribution is -2.16. The Kier molecular flexibility index (Phi) is 6.85. The van der Waals surface area contributed by atoms with Crippen LogP contribution in [-0.2, 0) is 10.8 Å². The third-order valence-corrected chi connectivity index (χ3v) is 14.0. The second-order valence-electron chi connectivity index (χ2n) is 18.1. The predicted octanol–water partition coefficient (Wildman–Crippen LogP) is 16.4. The van der Waals surface area contributed by atoms with Crippen LogP contribution in [0.4, 0.5) is 17.1 Å². The van der Waals surface area contributed by atoms with Gasteiger partial charge in [-0.2, -0.15) is 0 Å². The van der Waals surface area contributed by atoms with E-state index in [9.17, 15) is 0 Å². The van der Waals surface area contributed by atoms with E-state index < -0.39 is 0 Å². The van der Waals surface area contributed by atoms with Gasteiger partial charge >= 0.3 is 0 Å². The topological polar surface area (TPSA) is 29.5 Å². The first-order chi connectivity index (χ1) is 29.7. The van der Waals surface area contributed by atoms with Crippen molar-refractivity contribution < 1.29 is 8.83 Å². The minimum absolute atomic E-state index is 0.129. The van der Waals surface area contributed by atoms with Crippen LogP contribution in [0.25, 0.3) is 88.0 Å². The van der Waals surface area contributed by atoms with Crippen LogP contribution in [0, 0.1) is 0 Å². The number of hydrogen-bond donors (Lipinski definition) is 0. The van der Waals surface area contributed by atoms with Crippen LogP contribution < -0.4 is 4.90 Å². The summed E-state index contributed by atoms with van der Waals surface area (Å²) in [6, 6.07) is 64.4. The Labute approximate surface area is 354 Å². The summed E-state index contributed by atoms with van der Waals surface area (Å²) in [6.07, 6.45) is 0. The lowest BCUT2D eigenvalue weighted by molar-refractivity contribution is 0.660. The van der Waals surface area contributed by atoms with Crippen molar-refractivity contribution in [1.29, 1.82) is 0 Å². The van der Waals surface area contributed by atoms with Gasteiger partial charge in [-0.15, -0.1) is 0 Å². The molecule has 290 valence electrons. The number of furan rings is 2. The average molecular weight is 784 g/mol. The summed E-state index contributed by atoms with van der Waals surface area (Å²) in [4.78, 5) is 2.40. The first kappa shape index (κ1) is 34.5. The fourth-order valence-electron chi connectivity index (χ4n) is 11.0. The predicted molar refractivity (Wildman–Crippen MR) is 254 cm³/mol. The highest BCUT2D eigenvalue weighted by molar-refractivity contribution is 6.22. The minimum atomic E-state index is -0.180. The van der Waals surface area contributed by atoms with E-state index >= 15 is 0 Å². The van der Waals surface area contributed by atoms with Gasteiger partial charge in [-0.1, -0.05) is 143 Å². The maximum absolute atomic E-state index is 7.11. The zero-order valence-corrected chi connectivity index (χ0v) is 34.5. The molecule has 61 heavy (non-hydrogen) atoms. The highest BCUT2D eigenvalue weighted by Crippen LogP contribution is 2.54. The molecule has 2 aliphatic carbocycles. The van der Waals surface area contributed by atoms with Crippen molar-refractivity contribution >= 4 is 71.7 Å². The Morgan fingerprint density at radius 2 is 0.984 bits per heavy atom. The van der Waals surface area contributed by atoms with Crippen LogP contribution >= 0.6 is 0 Å². The Balaban J connectivity index is 1.11. The smallest absolute Gasteiger partial charge is 0.159 e. The van der Waals surface area contributed by atoms with Gasteiger partial charge in [0, 0.05) is 44.1 Å². The molecule has 0 amide bonds. The molecular formula is C58H41NO2. The van der Waals surface area contributed by atoms with Gasteiger partial charge in [-0.25, -0.2) is 0 Å². The molecule has 0 saturated carbocycles. The Bertz CT molecular complexity index is 3670. The monoisotopic (exact) mass is 783 g/mol. The molecule has 3 heteroatoms. The summed E-state index contributed by atoms with van der Waals surface area (Å²) in [5.74, 6) is 0. The largest absolute Gasteiger partial charge is 0.456 e. The first-order valence-electron chi connectivity index (χ1n) is 21.3. The Morgan fingerprint density at radius 1 is 0.377 bits per heavy atom. The van der Waals surface area contributed by atoms with Gasteiger partial charge < -0.3 is 13.7 Å².